The third-order valence-electron chi connectivity index (χ3n) is 3.80. The molecule has 0 saturated heterocycles. The van der Waals surface area contributed by atoms with Crippen molar-refractivity contribution in [2.24, 2.45) is 18.2 Å². The maximum absolute atomic E-state index is 13.3. The molecule has 1 amide bonds. The zero-order valence-corrected chi connectivity index (χ0v) is 13.5. The Morgan fingerprint density at radius 1 is 1.45 bits per heavy atom. The molecule has 0 aliphatic heterocycles. The van der Waals surface area contributed by atoms with Gasteiger partial charge in [-0.2, -0.15) is 0 Å². The number of halogens is 1. The monoisotopic (exact) mass is 306 g/mol. The number of aryl methyl sites for hydroxylation is 1. The molecule has 0 aliphatic rings. The van der Waals surface area contributed by atoms with Gasteiger partial charge in [0.25, 0.3) is 0 Å². The fourth-order valence-electron chi connectivity index (χ4n) is 2.24. The van der Waals surface area contributed by atoms with Crippen LogP contribution >= 0.6 is 0 Å². The minimum Gasteiger partial charge on any atom is -0.354 e. The van der Waals surface area contributed by atoms with Crippen LogP contribution in [0.4, 0.5) is 4.39 Å². The number of hydrogen-bond donors (Lipinski definition) is 2. The molecule has 120 valence electrons. The summed E-state index contributed by atoms with van der Waals surface area (Å²) in [4.78, 5) is 16.4. The number of nitrogens with two attached hydrogens (primary N) is 1. The van der Waals surface area contributed by atoms with Crippen LogP contribution in [0.25, 0.3) is 11.0 Å². The number of aromatic nitrogens is 2. The number of nitrogens with one attached hydrogen (secondary N) is 1. The minimum absolute atomic E-state index is 0.169. The molecule has 0 radical (unpaired) electrons. The molecule has 0 unspecified atom stereocenters. The Morgan fingerprint density at radius 2 is 2.14 bits per heavy atom. The molecule has 0 bridgehead atoms. The van der Waals surface area contributed by atoms with Crippen LogP contribution in [-0.4, -0.2) is 28.0 Å². The van der Waals surface area contributed by atoms with Gasteiger partial charge >= 0.3 is 0 Å². The number of rotatable bonds is 4. The van der Waals surface area contributed by atoms with Crippen molar-refractivity contribution in [3.05, 3.63) is 29.8 Å². The molecule has 6 heteroatoms. The number of imidazole rings is 1. The molecule has 2 rings (SSSR count). The van der Waals surface area contributed by atoms with E-state index in [-0.39, 0.29) is 17.1 Å². The molecule has 1 aromatic heterocycles. The highest BCUT2D eigenvalue weighted by Gasteiger charge is 2.27. The molecular formula is C16H23FN4O. The Bertz CT molecular complexity index is 687. The van der Waals surface area contributed by atoms with Gasteiger partial charge in [-0.1, -0.05) is 20.8 Å². The van der Waals surface area contributed by atoms with Gasteiger partial charge in [-0.3, -0.25) is 4.79 Å². The van der Waals surface area contributed by atoms with Crippen molar-refractivity contribution in [3.8, 4) is 0 Å². The van der Waals surface area contributed by atoms with Crippen molar-refractivity contribution in [1.29, 1.82) is 0 Å². The van der Waals surface area contributed by atoms with E-state index in [9.17, 15) is 9.18 Å². The average molecular weight is 306 g/mol. The van der Waals surface area contributed by atoms with Gasteiger partial charge in [0.1, 0.15) is 11.6 Å². The van der Waals surface area contributed by atoms with Gasteiger partial charge in [0, 0.05) is 20.0 Å². The van der Waals surface area contributed by atoms with Gasteiger partial charge < -0.3 is 15.6 Å². The molecule has 0 fully saturated rings. The Hall–Kier alpha value is -1.95. The van der Waals surface area contributed by atoms with Crippen LogP contribution in [0, 0.1) is 11.2 Å². The first-order chi connectivity index (χ1) is 10.2. The normalized spacial score (nSPS) is 13.4. The maximum atomic E-state index is 13.3. The lowest BCUT2D eigenvalue weighted by Crippen LogP contribution is -2.49. The summed E-state index contributed by atoms with van der Waals surface area (Å²) in [5, 5.41) is 2.83. The fraction of sp³-hybridized carbons (Fsp3) is 0.500. The summed E-state index contributed by atoms with van der Waals surface area (Å²) in [5.74, 6) is 0.342. The van der Waals surface area contributed by atoms with Crippen molar-refractivity contribution in [1.82, 2.24) is 14.9 Å². The molecule has 5 nitrogen and oxygen atoms in total. The first-order valence-electron chi connectivity index (χ1n) is 7.34. The average Bonchev–Trinajstić information content (AvgIpc) is 2.74. The van der Waals surface area contributed by atoms with Crippen molar-refractivity contribution < 1.29 is 9.18 Å². The summed E-state index contributed by atoms with van der Waals surface area (Å²) in [5.41, 5.74) is 7.12. The zero-order chi connectivity index (χ0) is 16.5. The molecular weight excluding hydrogens is 283 g/mol. The van der Waals surface area contributed by atoms with Crippen molar-refractivity contribution in [3.63, 3.8) is 0 Å². The van der Waals surface area contributed by atoms with Crippen molar-refractivity contribution in [2.45, 2.75) is 33.2 Å². The second-order valence-electron chi connectivity index (χ2n) is 6.60. The summed E-state index contributed by atoms with van der Waals surface area (Å²) in [6.07, 6.45) is 0.565. The van der Waals surface area contributed by atoms with Gasteiger partial charge in [-0.05, 0) is 23.6 Å². The van der Waals surface area contributed by atoms with Crippen LogP contribution in [-0.2, 0) is 18.3 Å². The van der Waals surface area contributed by atoms with Gasteiger partial charge in [-0.25, -0.2) is 9.37 Å². The van der Waals surface area contributed by atoms with E-state index >= 15 is 0 Å². The standard InChI is InChI=1S/C16H23FN4O/c1-16(2,3)14(18)15(22)19-8-7-13-20-11-6-5-10(17)9-12(11)21(13)4/h5-6,9,14H,7-8,18H2,1-4H3,(H,19,22)/t14-/m1/s1. The highest BCUT2D eigenvalue weighted by atomic mass is 19.1. The summed E-state index contributed by atoms with van der Waals surface area (Å²) >= 11 is 0. The van der Waals surface area contributed by atoms with Gasteiger partial charge in [-0.15, -0.1) is 0 Å². The number of carbonyl (C=O) groups excluding carboxylic acids is 1. The number of nitrogens with zero attached hydrogens (tertiary/aromatic N) is 2. The van der Waals surface area contributed by atoms with Gasteiger partial charge in [0.05, 0.1) is 17.1 Å². The van der Waals surface area contributed by atoms with E-state index in [0.29, 0.717) is 13.0 Å². The predicted octanol–water partition coefficient (Wildman–Crippen LogP) is 1.74. The third kappa shape index (κ3) is 3.44. The van der Waals surface area contributed by atoms with Crippen LogP contribution in [0.3, 0.4) is 0 Å². The molecule has 0 spiro atoms. The molecule has 2 aromatic rings. The second-order valence-corrected chi connectivity index (χ2v) is 6.60. The summed E-state index contributed by atoms with van der Waals surface area (Å²) in [6.45, 7) is 6.23. The number of hydrogen-bond acceptors (Lipinski definition) is 3. The zero-order valence-electron chi connectivity index (χ0n) is 13.5. The Kier molecular flexibility index (Phi) is 4.51. The molecule has 22 heavy (non-hydrogen) atoms. The van der Waals surface area contributed by atoms with Crippen molar-refractivity contribution in [2.75, 3.05) is 6.54 Å². The molecule has 1 atom stereocenters. The number of fused-ring (bicyclic) bond motifs is 1. The largest absolute Gasteiger partial charge is 0.354 e. The summed E-state index contributed by atoms with van der Waals surface area (Å²) in [7, 11) is 1.84. The third-order valence-corrected chi connectivity index (χ3v) is 3.80. The van der Waals surface area contributed by atoms with Crippen molar-refractivity contribution >= 4 is 16.9 Å². The fourth-order valence-corrected chi connectivity index (χ4v) is 2.24. The molecule has 0 saturated carbocycles. The van der Waals surface area contributed by atoms with Gasteiger partial charge in [0.15, 0.2) is 0 Å². The van der Waals surface area contributed by atoms with E-state index in [4.69, 9.17) is 5.73 Å². The molecule has 0 aliphatic carbocycles. The Labute approximate surface area is 129 Å². The van der Waals surface area contributed by atoms with Crippen LogP contribution in [0.5, 0.6) is 0 Å². The van der Waals surface area contributed by atoms with E-state index in [2.05, 4.69) is 10.3 Å². The van der Waals surface area contributed by atoms with Crippen LogP contribution < -0.4 is 11.1 Å². The van der Waals surface area contributed by atoms with E-state index in [1.165, 1.54) is 12.1 Å². The van der Waals surface area contributed by atoms with E-state index in [1.807, 2.05) is 32.4 Å². The smallest absolute Gasteiger partial charge is 0.237 e. The van der Waals surface area contributed by atoms with Gasteiger partial charge in [0.2, 0.25) is 5.91 Å². The first kappa shape index (κ1) is 16.4. The molecule has 3 N–H and O–H groups in total. The maximum Gasteiger partial charge on any atom is 0.237 e. The van der Waals surface area contributed by atoms with E-state index < -0.39 is 6.04 Å². The first-order valence-corrected chi connectivity index (χ1v) is 7.34. The summed E-state index contributed by atoms with van der Waals surface area (Å²) in [6, 6.07) is 3.95. The number of benzene rings is 1. The van der Waals surface area contributed by atoms with Crippen LogP contribution in [0.15, 0.2) is 18.2 Å². The quantitative estimate of drug-likeness (QED) is 0.904. The van der Waals surface area contributed by atoms with E-state index in [0.717, 1.165) is 16.9 Å². The Morgan fingerprint density at radius 3 is 2.77 bits per heavy atom. The minimum atomic E-state index is -0.554. The predicted molar refractivity (Wildman–Crippen MR) is 84.8 cm³/mol. The topological polar surface area (TPSA) is 72.9 Å². The lowest BCUT2D eigenvalue weighted by atomic mass is 9.87. The van der Waals surface area contributed by atoms with Crippen LogP contribution in [0.1, 0.15) is 26.6 Å². The summed E-state index contributed by atoms with van der Waals surface area (Å²) < 4.78 is 15.1. The highest BCUT2D eigenvalue weighted by molar-refractivity contribution is 5.82. The SMILES string of the molecule is Cn1c(CCNC(=O)[C@@H](N)C(C)(C)C)nc2ccc(F)cc21. The lowest BCUT2D eigenvalue weighted by Gasteiger charge is -2.25. The highest BCUT2D eigenvalue weighted by Crippen LogP contribution is 2.18. The number of carbonyl (C=O) groups is 1. The molecule has 1 heterocycles. The number of amides is 1. The Balaban J connectivity index is 2.01. The lowest BCUT2D eigenvalue weighted by molar-refractivity contribution is -0.124. The second kappa shape index (κ2) is 6.04. The molecule has 1 aromatic carbocycles. The van der Waals surface area contributed by atoms with E-state index in [1.54, 1.807) is 6.07 Å². The van der Waals surface area contributed by atoms with Crippen LogP contribution in [0.2, 0.25) is 0 Å².